The fourth-order valence-electron chi connectivity index (χ4n) is 2.53. The molecule has 1 aromatic heterocycles. The number of hydrogen-bond acceptors (Lipinski definition) is 2. The van der Waals surface area contributed by atoms with Gasteiger partial charge in [-0.1, -0.05) is 29.3 Å². The highest BCUT2D eigenvalue weighted by Gasteiger charge is 2.25. The summed E-state index contributed by atoms with van der Waals surface area (Å²) in [4.78, 5) is 12.7. The number of halogens is 3. The van der Waals surface area contributed by atoms with Crippen molar-refractivity contribution in [2.24, 2.45) is 0 Å². The zero-order valence-electron chi connectivity index (χ0n) is 10.5. The highest BCUT2D eigenvalue weighted by atomic mass is 127. The van der Waals surface area contributed by atoms with Crippen molar-refractivity contribution in [3.63, 3.8) is 0 Å². The van der Waals surface area contributed by atoms with Crippen LogP contribution >= 0.6 is 45.8 Å². The number of carbonyl (C=O) groups excluding carboxylic acids is 1. The van der Waals surface area contributed by atoms with E-state index in [4.69, 9.17) is 23.2 Å². The van der Waals surface area contributed by atoms with Crippen LogP contribution in [0.2, 0.25) is 10.0 Å². The molecule has 0 aliphatic heterocycles. The summed E-state index contributed by atoms with van der Waals surface area (Å²) < 4.78 is 2.37. The largest absolute Gasteiger partial charge is 0.281 e. The van der Waals surface area contributed by atoms with Gasteiger partial charge in [-0.3, -0.25) is 4.79 Å². The van der Waals surface area contributed by atoms with Gasteiger partial charge in [0.2, 0.25) is 0 Å². The Morgan fingerprint density at radius 1 is 1.20 bits per heavy atom. The molecule has 0 saturated heterocycles. The molecule has 1 heterocycles. The molecule has 0 N–H and O–H groups in total. The van der Waals surface area contributed by atoms with Crippen molar-refractivity contribution in [3.8, 4) is 0 Å². The molecule has 104 valence electrons. The van der Waals surface area contributed by atoms with Crippen LogP contribution in [-0.4, -0.2) is 15.7 Å². The maximum atomic E-state index is 12.7. The van der Waals surface area contributed by atoms with E-state index in [0.29, 0.717) is 15.6 Å². The monoisotopic (exact) mass is 420 g/mol. The van der Waals surface area contributed by atoms with E-state index >= 15 is 0 Å². The number of fused-ring (bicyclic) bond motifs is 1. The Balaban J connectivity index is 2.12. The Bertz CT molecular complexity index is 676. The molecule has 0 fully saturated rings. The Morgan fingerprint density at radius 3 is 2.55 bits per heavy atom. The molecule has 0 bridgehead atoms. The second-order valence-electron chi connectivity index (χ2n) is 4.74. The normalized spacial score (nSPS) is 14.2. The predicted octanol–water partition coefficient (Wildman–Crippen LogP) is 4.36. The lowest BCUT2D eigenvalue weighted by Gasteiger charge is -2.13. The van der Waals surface area contributed by atoms with E-state index in [0.717, 1.165) is 35.1 Å². The predicted molar refractivity (Wildman–Crippen MR) is 87.8 cm³/mol. The van der Waals surface area contributed by atoms with Gasteiger partial charge in [-0.15, -0.1) is 0 Å². The maximum Gasteiger partial charge on any atom is 0.281 e. The van der Waals surface area contributed by atoms with Crippen LogP contribution in [-0.2, 0) is 12.8 Å². The van der Waals surface area contributed by atoms with Gasteiger partial charge in [0, 0.05) is 5.56 Å². The first-order valence-corrected chi connectivity index (χ1v) is 8.18. The molecule has 3 rings (SSSR count). The van der Waals surface area contributed by atoms with Crippen LogP contribution in [0.3, 0.4) is 0 Å². The number of benzene rings is 1. The molecule has 0 amide bonds. The molecule has 0 spiro atoms. The number of nitrogens with zero attached hydrogens (tertiary/aromatic N) is 2. The highest BCUT2D eigenvalue weighted by molar-refractivity contribution is 14.1. The molecule has 0 unspecified atom stereocenters. The zero-order valence-corrected chi connectivity index (χ0v) is 14.2. The van der Waals surface area contributed by atoms with E-state index in [1.165, 1.54) is 10.2 Å². The summed E-state index contributed by atoms with van der Waals surface area (Å²) in [5, 5.41) is 5.11. The standard InChI is InChI=1S/C14H11Cl2IN2O/c15-9-5-3-6-10(16)12(9)14(20)19-11-7-2-1-4-8(11)13(17)18-19/h3,5-6H,1-2,4,7H2. The lowest BCUT2D eigenvalue weighted by Crippen LogP contribution is -2.19. The molecule has 0 radical (unpaired) electrons. The Hall–Kier alpha value is -0.590. The van der Waals surface area contributed by atoms with E-state index < -0.39 is 0 Å². The minimum Gasteiger partial charge on any atom is -0.267 e. The smallest absolute Gasteiger partial charge is 0.267 e. The lowest BCUT2D eigenvalue weighted by atomic mass is 9.98. The molecule has 20 heavy (non-hydrogen) atoms. The van der Waals surface area contributed by atoms with Crippen LogP contribution in [0.1, 0.15) is 34.5 Å². The van der Waals surface area contributed by atoms with Gasteiger partial charge in [-0.2, -0.15) is 9.78 Å². The van der Waals surface area contributed by atoms with Crippen molar-refractivity contribution in [2.45, 2.75) is 25.7 Å². The van der Waals surface area contributed by atoms with E-state index in [9.17, 15) is 4.79 Å². The Morgan fingerprint density at radius 2 is 1.85 bits per heavy atom. The Labute approximate surface area is 140 Å². The van der Waals surface area contributed by atoms with Crippen LogP contribution in [0.5, 0.6) is 0 Å². The third kappa shape index (κ3) is 2.38. The number of carbonyl (C=O) groups is 1. The summed E-state index contributed by atoms with van der Waals surface area (Å²) in [6, 6.07) is 5.06. The SMILES string of the molecule is O=C(c1c(Cl)cccc1Cl)n1nc(I)c2c1CCCC2. The molecule has 1 aromatic carbocycles. The van der Waals surface area contributed by atoms with Gasteiger partial charge >= 0.3 is 0 Å². The fraction of sp³-hybridized carbons (Fsp3) is 0.286. The molecular weight excluding hydrogens is 410 g/mol. The molecule has 0 atom stereocenters. The minimum atomic E-state index is -0.248. The molecule has 0 saturated carbocycles. The highest BCUT2D eigenvalue weighted by Crippen LogP contribution is 2.29. The summed E-state index contributed by atoms with van der Waals surface area (Å²) in [5.41, 5.74) is 2.51. The number of rotatable bonds is 1. The van der Waals surface area contributed by atoms with Gasteiger partial charge in [0.15, 0.2) is 0 Å². The third-order valence-electron chi connectivity index (χ3n) is 3.50. The van der Waals surface area contributed by atoms with Crippen LogP contribution in [0.25, 0.3) is 0 Å². The van der Waals surface area contributed by atoms with Crippen LogP contribution in [0.15, 0.2) is 18.2 Å². The van der Waals surface area contributed by atoms with Gasteiger partial charge in [-0.05, 0) is 60.4 Å². The topological polar surface area (TPSA) is 34.9 Å². The van der Waals surface area contributed by atoms with Crippen molar-refractivity contribution >= 4 is 51.7 Å². The molecular formula is C14H11Cl2IN2O. The van der Waals surface area contributed by atoms with Gasteiger partial charge < -0.3 is 0 Å². The molecule has 1 aliphatic carbocycles. The van der Waals surface area contributed by atoms with E-state index in [1.807, 2.05) is 0 Å². The lowest BCUT2D eigenvalue weighted by molar-refractivity contribution is 0.0941. The summed E-state index contributed by atoms with van der Waals surface area (Å²) in [6.07, 6.45) is 4.09. The number of hydrogen-bond donors (Lipinski definition) is 0. The van der Waals surface area contributed by atoms with Gasteiger partial charge in [0.1, 0.15) is 3.70 Å². The molecule has 6 heteroatoms. The van der Waals surface area contributed by atoms with Crippen molar-refractivity contribution in [3.05, 3.63) is 48.8 Å². The Kier molecular flexibility index (Phi) is 4.06. The zero-order chi connectivity index (χ0) is 14.3. The maximum absolute atomic E-state index is 12.7. The summed E-state index contributed by atoms with van der Waals surface area (Å²) >= 11 is 14.4. The molecule has 1 aliphatic rings. The summed E-state index contributed by atoms with van der Waals surface area (Å²) in [6.45, 7) is 0. The number of aromatic nitrogens is 2. The van der Waals surface area contributed by atoms with E-state index in [2.05, 4.69) is 27.7 Å². The van der Waals surface area contributed by atoms with Crippen LogP contribution in [0, 0.1) is 3.70 Å². The van der Waals surface area contributed by atoms with Gasteiger partial charge in [-0.25, -0.2) is 0 Å². The first-order valence-electron chi connectivity index (χ1n) is 6.34. The van der Waals surface area contributed by atoms with E-state index in [-0.39, 0.29) is 5.91 Å². The van der Waals surface area contributed by atoms with Crippen molar-refractivity contribution in [1.29, 1.82) is 0 Å². The molecule has 2 aromatic rings. The summed E-state index contributed by atoms with van der Waals surface area (Å²) in [7, 11) is 0. The van der Waals surface area contributed by atoms with Crippen LogP contribution in [0.4, 0.5) is 0 Å². The van der Waals surface area contributed by atoms with E-state index in [1.54, 1.807) is 18.2 Å². The van der Waals surface area contributed by atoms with Crippen molar-refractivity contribution < 1.29 is 4.79 Å². The van der Waals surface area contributed by atoms with Crippen molar-refractivity contribution in [1.82, 2.24) is 9.78 Å². The third-order valence-corrected chi connectivity index (χ3v) is 5.00. The first kappa shape index (κ1) is 14.4. The quantitative estimate of drug-likeness (QED) is 0.642. The fourth-order valence-corrected chi connectivity index (χ4v) is 3.89. The minimum absolute atomic E-state index is 0.248. The van der Waals surface area contributed by atoms with Gasteiger partial charge in [0.25, 0.3) is 5.91 Å². The molecule has 3 nitrogen and oxygen atoms in total. The average Bonchev–Trinajstić information content (AvgIpc) is 2.76. The second-order valence-corrected chi connectivity index (χ2v) is 6.57. The second kappa shape index (κ2) is 5.66. The summed E-state index contributed by atoms with van der Waals surface area (Å²) in [5.74, 6) is -0.248. The van der Waals surface area contributed by atoms with Crippen LogP contribution < -0.4 is 0 Å². The average molecular weight is 421 g/mol. The van der Waals surface area contributed by atoms with Gasteiger partial charge in [0.05, 0.1) is 21.3 Å². The van der Waals surface area contributed by atoms with Crippen molar-refractivity contribution in [2.75, 3.05) is 0 Å². The first-order chi connectivity index (χ1) is 9.59.